The molecule has 0 bridgehead atoms. The van der Waals surface area contributed by atoms with Crippen molar-refractivity contribution < 1.29 is 4.79 Å². The van der Waals surface area contributed by atoms with Gasteiger partial charge in [-0.05, 0) is 20.3 Å². The number of hydrogen-bond acceptors (Lipinski definition) is 1. The molecule has 1 nitrogen and oxygen atoms in total. The van der Waals surface area contributed by atoms with E-state index in [1.54, 1.807) is 0 Å². The van der Waals surface area contributed by atoms with Crippen molar-refractivity contribution in [1.82, 2.24) is 0 Å². The summed E-state index contributed by atoms with van der Waals surface area (Å²) in [6, 6.07) is 0. The Balaban J connectivity index is 3.24. The second-order valence-corrected chi connectivity index (χ2v) is 1.78. The van der Waals surface area contributed by atoms with Crippen LogP contribution in [0.15, 0.2) is 11.6 Å². The Morgan fingerprint density at radius 1 is 1.75 bits per heavy atom. The van der Waals surface area contributed by atoms with Gasteiger partial charge in [0.05, 0.1) is 0 Å². The zero-order valence-corrected chi connectivity index (χ0v) is 5.40. The standard InChI is InChI=1S/C7H11O/c1-3-7(2)5-4-6-8/h3H,4-5H2,1-2H3/b7-3+. The van der Waals surface area contributed by atoms with Crippen LogP contribution < -0.4 is 0 Å². The fourth-order valence-corrected chi connectivity index (χ4v) is 0.393. The van der Waals surface area contributed by atoms with Gasteiger partial charge in [0.25, 0.3) is 0 Å². The van der Waals surface area contributed by atoms with Crippen LogP contribution in [-0.4, -0.2) is 6.29 Å². The highest BCUT2D eigenvalue weighted by molar-refractivity contribution is 5.50. The molecule has 0 aromatic heterocycles. The highest BCUT2D eigenvalue weighted by Crippen LogP contribution is 1.99. The molecular formula is C7H11O. The van der Waals surface area contributed by atoms with Crippen LogP contribution >= 0.6 is 0 Å². The summed E-state index contributed by atoms with van der Waals surface area (Å²) in [6.07, 6.45) is 5.25. The van der Waals surface area contributed by atoms with E-state index in [1.807, 2.05) is 26.2 Å². The molecule has 0 aliphatic carbocycles. The predicted octanol–water partition coefficient (Wildman–Crippen LogP) is 1.84. The first kappa shape index (κ1) is 7.41. The summed E-state index contributed by atoms with van der Waals surface area (Å²) < 4.78 is 0. The molecule has 0 aromatic carbocycles. The van der Waals surface area contributed by atoms with Gasteiger partial charge in [-0.25, -0.2) is 0 Å². The maximum atomic E-state index is 9.67. The third-order valence-electron chi connectivity index (χ3n) is 1.11. The Morgan fingerprint density at radius 3 is 2.75 bits per heavy atom. The van der Waals surface area contributed by atoms with Crippen molar-refractivity contribution >= 4 is 6.29 Å². The summed E-state index contributed by atoms with van der Waals surface area (Å²) in [7, 11) is 0. The normalized spacial score (nSPS) is 11.5. The Kier molecular flexibility index (Phi) is 4.23. The summed E-state index contributed by atoms with van der Waals surface area (Å²) in [5.74, 6) is 0. The van der Waals surface area contributed by atoms with E-state index in [1.165, 1.54) is 5.57 Å². The maximum Gasteiger partial charge on any atom is 0.198 e. The topological polar surface area (TPSA) is 17.1 Å². The number of carbonyl (C=O) groups excluding carboxylic acids is 1. The van der Waals surface area contributed by atoms with Gasteiger partial charge in [0.15, 0.2) is 6.29 Å². The molecular weight excluding hydrogens is 100 g/mol. The number of rotatable bonds is 3. The molecule has 0 spiro atoms. The van der Waals surface area contributed by atoms with E-state index in [4.69, 9.17) is 0 Å². The second-order valence-electron chi connectivity index (χ2n) is 1.78. The molecule has 0 fully saturated rings. The smallest absolute Gasteiger partial charge is 0.198 e. The summed E-state index contributed by atoms with van der Waals surface area (Å²) >= 11 is 0. The molecule has 0 aliphatic rings. The van der Waals surface area contributed by atoms with Gasteiger partial charge in [-0.2, -0.15) is 0 Å². The molecule has 0 aromatic rings. The first-order valence-corrected chi connectivity index (χ1v) is 2.78. The first-order chi connectivity index (χ1) is 3.81. The molecule has 1 heteroatoms. The van der Waals surface area contributed by atoms with Crippen LogP contribution in [-0.2, 0) is 4.79 Å². The van der Waals surface area contributed by atoms with Crippen LogP contribution in [0.3, 0.4) is 0 Å². The Bertz CT molecular complexity index is 92.6. The van der Waals surface area contributed by atoms with E-state index >= 15 is 0 Å². The maximum absolute atomic E-state index is 9.67. The van der Waals surface area contributed by atoms with Crippen molar-refractivity contribution in [2.45, 2.75) is 26.7 Å². The summed E-state index contributed by atoms with van der Waals surface area (Å²) in [5, 5.41) is 0. The molecule has 0 aliphatic heterocycles. The molecule has 0 atom stereocenters. The van der Waals surface area contributed by atoms with Crippen LogP contribution in [0.2, 0.25) is 0 Å². The summed E-state index contributed by atoms with van der Waals surface area (Å²) in [5.41, 5.74) is 1.26. The molecule has 0 amide bonds. The van der Waals surface area contributed by atoms with Crippen LogP contribution in [0.4, 0.5) is 0 Å². The SMILES string of the molecule is C/C=C(\C)CC[C]=O. The van der Waals surface area contributed by atoms with E-state index in [0.29, 0.717) is 6.42 Å². The highest BCUT2D eigenvalue weighted by Gasteiger charge is 1.85. The van der Waals surface area contributed by atoms with Crippen molar-refractivity contribution in [2.24, 2.45) is 0 Å². The zero-order chi connectivity index (χ0) is 6.41. The minimum Gasteiger partial charge on any atom is -0.291 e. The first-order valence-electron chi connectivity index (χ1n) is 2.78. The lowest BCUT2D eigenvalue weighted by Crippen LogP contribution is -1.76. The van der Waals surface area contributed by atoms with Gasteiger partial charge in [-0.15, -0.1) is 0 Å². The van der Waals surface area contributed by atoms with Gasteiger partial charge in [0.2, 0.25) is 0 Å². The summed E-state index contributed by atoms with van der Waals surface area (Å²) in [4.78, 5) is 9.67. The molecule has 8 heavy (non-hydrogen) atoms. The Morgan fingerprint density at radius 2 is 2.38 bits per heavy atom. The molecule has 0 N–H and O–H groups in total. The van der Waals surface area contributed by atoms with Crippen LogP contribution in [0, 0.1) is 0 Å². The number of hydrogen-bond donors (Lipinski definition) is 0. The van der Waals surface area contributed by atoms with E-state index in [2.05, 4.69) is 0 Å². The van der Waals surface area contributed by atoms with E-state index in [0.717, 1.165) is 6.42 Å². The average molecular weight is 111 g/mol. The van der Waals surface area contributed by atoms with Crippen LogP contribution in [0.25, 0.3) is 0 Å². The Hall–Kier alpha value is -0.590. The average Bonchev–Trinajstić information content (AvgIpc) is 1.83. The summed E-state index contributed by atoms with van der Waals surface area (Å²) in [6.45, 7) is 3.98. The highest BCUT2D eigenvalue weighted by atomic mass is 16.1. The van der Waals surface area contributed by atoms with Crippen LogP contribution in [0.5, 0.6) is 0 Å². The van der Waals surface area contributed by atoms with Gasteiger partial charge in [-0.1, -0.05) is 11.6 Å². The van der Waals surface area contributed by atoms with Crippen molar-refractivity contribution in [3.05, 3.63) is 11.6 Å². The quantitative estimate of drug-likeness (QED) is 0.508. The lowest BCUT2D eigenvalue weighted by atomic mass is 10.2. The zero-order valence-electron chi connectivity index (χ0n) is 5.40. The van der Waals surface area contributed by atoms with E-state index in [9.17, 15) is 4.79 Å². The molecule has 45 valence electrons. The third kappa shape index (κ3) is 3.59. The fraction of sp³-hybridized carbons (Fsp3) is 0.571. The lowest BCUT2D eigenvalue weighted by molar-refractivity contribution is 0.551. The van der Waals surface area contributed by atoms with E-state index < -0.39 is 0 Å². The third-order valence-corrected chi connectivity index (χ3v) is 1.11. The van der Waals surface area contributed by atoms with Crippen LogP contribution in [0.1, 0.15) is 26.7 Å². The molecule has 0 unspecified atom stereocenters. The largest absolute Gasteiger partial charge is 0.291 e. The fourth-order valence-electron chi connectivity index (χ4n) is 0.393. The minimum atomic E-state index is 0.538. The van der Waals surface area contributed by atoms with Gasteiger partial charge >= 0.3 is 0 Å². The van der Waals surface area contributed by atoms with Crippen molar-refractivity contribution in [3.63, 3.8) is 0 Å². The second kappa shape index (κ2) is 4.57. The number of allylic oxidation sites excluding steroid dienone is 2. The van der Waals surface area contributed by atoms with Gasteiger partial charge < -0.3 is 0 Å². The van der Waals surface area contributed by atoms with E-state index in [-0.39, 0.29) is 0 Å². The molecule has 0 saturated carbocycles. The van der Waals surface area contributed by atoms with Gasteiger partial charge in [-0.3, -0.25) is 4.79 Å². The Labute approximate surface area is 50.4 Å². The predicted molar refractivity (Wildman–Crippen MR) is 34.4 cm³/mol. The monoisotopic (exact) mass is 111 g/mol. The molecule has 0 heterocycles. The molecule has 0 saturated heterocycles. The molecule has 0 rings (SSSR count). The van der Waals surface area contributed by atoms with Gasteiger partial charge in [0.1, 0.15) is 0 Å². The van der Waals surface area contributed by atoms with Crippen molar-refractivity contribution in [3.8, 4) is 0 Å². The van der Waals surface area contributed by atoms with Crippen molar-refractivity contribution in [1.29, 1.82) is 0 Å². The van der Waals surface area contributed by atoms with Crippen molar-refractivity contribution in [2.75, 3.05) is 0 Å². The minimum absolute atomic E-state index is 0.538. The van der Waals surface area contributed by atoms with Gasteiger partial charge in [0, 0.05) is 6.42 Å². The lowest BCUT2D eigenvalue weighted by Gasteiger charge is -1.89. The molecule has 1 radical (unpaired) electrons.